The van der Waals surface area contributed by atoms with Gasteiger partial charge in [0.05, 0.1) is 4.92 Å². The average molecular weight is 189 g/mol. The van der Waals surface area contributed by atoms with Crippen molar-refractivity contribution in [3.63, 3.8) is 0 Å². The highest BCUT2D eigenvalue weighted by atomic mass is 19.3. The maximum Gasteiger partial charge on any atom is 0.283 e. The van der Waals surface area contributed by atoms with Crippen LogP contribution in [0.5, 0.6) is 0 Å². The number of pyridine rings is 1. The minimum atomic E-state index is -2.99. The molecule has 0 amide bonds. The van der Waals surface area contributed by atoms with Crippen LogP contribution in [0.15, 0.2) is 12.3 Å². The van der Waals surface area contributed by atoms with Crippen molar-refractivity contribution in [3.05, 3.63) is 27.9 Å². The van der Waals surface area contributed by atoms with Crippen molar-refractivity contribution in [2.24, 2.45) is 0 Å². The molecule has 13 heavy (non-hydrogen) atoms. The van der Waals surface area contributed by atoms with Crippen LogP contribution < -0.4 is 5.73 Å². The zero-order valence-corrected chi connectivity index (χ0v) is 6.28. The quantitative estimate of drug-likeness (QED) is 0.564. The zero-order valence-electron chi connectivity index (χ0n) is 6.28. The maximum absolute atomic E-state index is 12.2. The summed E-state index contributed by atoms with van der Waals surface area (Å²) < 4.78 is 24.4. The summed E-state index contributed by atoms with van der Waals surface area (Å²) in [6.45, 7) is 0. The molecule has 1 aromatic heterocycles. The van der Waals surface area contributed by atoms with Crippen molar-refractivity contribution in [1.29, 1.82) is 0 Å². The van der Waals surface area contributed by atoms with Crippen LogP contribution in [0.2, 0.25) is 0 Å². The smallest absolute Gasteiger partial charge is 0.283 e. The molecule has 1 rings (SSSR count). The summed E-state index contributed by atoms with van der Waals surface area (Å²) in [6, 6.07) is 0.887. The minimum absolute atomic E-state index is 0.510. The Kier molecular flexibility index (Phi) is 2.36. The summed E-state index contributed by atoms with van der Waals surface area (Å²) in [7, 11) is 0. The molecule has 0 atom stereocenters. The van der Waals surface area contributed by atoms with Crippen LogP contribution in [0.3, 0.4) is 0 Å². The molecule has 0 aliphatic rings. The fourth-order valence-corrected chi connectivity index (χ4v) is 0.861. The highest BCUT2D eigenvalue weighted by Gasteiger charge is 2.24. The van der Waals surface area contributed by atoms with Gasteiger partial charge in [-0.15, -0.1) is 0 Å². The van der Waals surface area contributed by atoms with E-state index in [2.05, 4.69) is 4.98 Å². The molecule has 0 saturated heterocycles. The van der Waals surface area contributed by atoms with Gasteiger partial charge in [-0.1, -0.05) is 0 Å². The van der Waals surface area contributed by atoms with E-state index in [0.29, 0.717) is 0 Å². The second-order valence-electron chi connectivity index (χ2n) is 2.19. The van der Waals surface area contributed by atoms with Crippen LogP contribution in [0.1, 0.15) is 12.0 Å². The highest BCUT2D eigenvalue weighted by molar-refractivity contribution is 5.53. The number of rotatable bonds is 2. The van der Waals surface area contributed by atoms with E-state index in [0.717, 1.165) is 12.3 Å². The molecule has 0 radical (unpaired) electrons. The van der Waals surface area contributed by atoms with Crippen LogP contribution in [0.4, 0.5) is 20.3 Å². The van der Waals surface area contributed by atoms with E-state index in [1.54, 1.807) is 0 Å². The fourth-order valence-electron chi connectivity index (χ4n) is 0.861. The molecule has 0 bridgehead atoms. The van der Waals surface area contributed by atoms with E-state index in [1.807, 2.05) is 0 Å². The van der Waals surface area contributed by atoms with Gasteiger partial charge in [0, 0.05) is 12.3 Å². The Morgan fingerprint density at radius 2 is 2.23 bits per heavy atom. The molecule has 2 N–H and O–H groups in total. The third-order valence-corrected chi connectivity index (χ3v) is 1.41. The Balaban J connectivity index is 3.34. The second kappa shape index (κ2) is 3.30. The van der Waals surface area contributed by atoms with Gasteiger partial charge in [0.25, 0.3) is 12.1 Å². The lowest BCUT2D eigenvalue weighted by Gasteiger charge is -2.02. The van der Waals surface area contributed by atoms with Gasteiger partial charge in [-0.05, 0) is 0 Å². The topological polar surface area (TPSA) is 82.0 Å². The van der Waals surface area contributed by atoms with Gasteiger partial charge in [-0.25, -0.2) is 13.8 Å². The maximum atomic E-state index is 12.2. The molecule has 0 aliphatic heterocycles. The van der Waals surface area contributed by atoms with Gasteiger partial charge < -0.3 is 5.73 Å². The number of anilines is 1. The van der Waals surface area contributed by atoms with E-state index in [-0.39, 0.29) is 0 Å². The minimum Gasteiger partial charge on any atom is -0.383 e. The third kappa shape index (κ3) is 1.68. The first-order chi connectivity index (χ1) is 6.04. The van der Waals surface area contributed by atoms with Crippen molar-refractivity contribution < 1.29 is 13.7 Å². The molecular formula is C6H5F2N3O2. The zero-order chi connectivity index (χ0) is 10.0. The highest BCUT2D eigenvalue weighted by Crippen LogP contribution is 2.31. The predicted molar refractivity (Wildman–Crippen MR) is 40.3 cm³/mol. The summed E-state index contributed by atoms with van der Waals surface area (Å²) >= 11 is 0. The number of aromatic nitrogens is 1. The van der Waals surface area contributed by atoms with E-state index in [1.165, 1.54) is 0 Å². The van der Waals surface area contributed by atoms with Crippen molar-refractivity contribution in [2.45, 2.75) is 6.43 Å². The first kappa shape index (κ1) is 9.30. The number of nitrogens with zero attached hydrogens (tertiary/aromatic N) is 2. The lowest BCUT2D eigenvalue weighted by Crippen LogP contribution is -2.02. The van der Waals surface area contributed by atoms with E-state index in [9.17, 15) is 18.9 Å². The molecule has 5 nitrogen and oxygen atoms in total. The van der Waals surface area contributed by atoms with Crippen molar-refractivity contribution in [3.8, 4) is 0 Å². The van der Waals surface area contributed by atoms with Gasteiger partial charge in [-0.2, -0.15) is 0 Å². The van der Waals surface area contributed by atoms with E-state index >= 15 is 0 Å². The number of nitrogen functional groups attached to an aromatic ring is 1. The molecule has 0 fully saturated rings. The first-order valence-corrected chi connectivity index (χ1v) is 3.21. The normalized spacial score (nSPS) is 10.4. The summed E-state index contributed by atoms with van der Waals surface area (Å²) in [5.74, 6) is -0.510. The Labute approximate surface area is 71.3 Å². The molecule has 0 aromatic carbocycles. The lowest BCUT2D eigenvalue weighted by molar-refractivity contribution is -0.386. The Morgan fingerprint density at radius 3 is 2.62 bits per heavy atom. The summed E-state index contributed by atoms with van der Waals surface area (Å²) in [4.78, 5) is 12.7. The lowest BCUT2D eigenvalue weighted by atomic mass is 10.2. The van der Waals surface area contributed by atoms with Crippen molar-refractivity contribution in [2.75, 3.05) is 5.73 Å². The number of alkyl halides is 2. The van der Waals surface area contributed by atoms with E-state index in [4.69, 9.17) is 5.73 Å². The fraction of sp³-hybridized carbons (Fsp3) is 0.167. The number of nitro groups is 1. The third-order valence-electron chi connectivity index (χ3n) is 1.41. The Morgan fingerprint density at radius 1 is 1.62 bits per heavy atom. The second-order valence-corrected chi connectivity index (χ2v) is 2.19. The largest absolute Gasteiger partial charge is 0.383 e. The molecular weight excluding hydrogens is 184 g/mol. The summed E-state index contributed by atoms with van der Waals surface area (Å²) in [6.07, 6.45) is -1.98. The van der Waals surface area contributed by atoms with Gasteiger partial charge >= 0.3 is 0 Å². The first-order valence-electron chi connectivity index (χ1n) is 3.21. The Hall–Kier alpha value is -1.79. The van der Waals surface area contributed by atoms with Gasteiger partial charge in [-0.3, -0.25) is 10.1 Å². The molecule has 1 heterocycles. The van der Waals surface area contributed by atoms with Crippen LogP contribution in [-0.2, 0) is 0 Å². The number of hydrogen-bond acceptors (Lipinski definition) is 4. The van der Waals surface area contributed by atoms with Gasteiger partial charge in [0.1, 0.15) is 11.4 Å². The Bertz CT molecular complexity index is 343. The molecule has 0 spiro atoms. The van der Waals surface area contributed by atoms with Crippen LogP contribution in [0.25, 0.3) is 0 Å². The molecule has 70 valence electrons. The average Bonchev–Trinajstić information content (AvgIpc) is 2.02. The number of halogens is 2. The van der Waals surface area contributed by atoms with Crippen LogP contribution in [0, 0.1) is 10.1 Å². The van der Waals surface area contributed by atoms with Gasteiger partial charge in [0.2, 0.25) is 0 Å². The molecule has 0 saturated carbocycles. The summed E-state index contributed by atoms with van der Waals surface area (Å²) in [5, 5.41) is 10.3. The molecule has 0 aliphatic carbocycles. The molecule has 1 aromatic rings. The van der Waals surface area contributed by atoms with Crippen molar-refractivity contribution in [1.82, 2.24) is 4.98 Å². The predicted octanol–water partition coefficient (Wildman–Crippen LogP) is 1.51. The monoisotopic (exact) mass is 189 g/mol. The number of hydrogen-bond donors (Lipinski definition) is 1. The van der Waals surface area contributed by atoms with Crippen molar-refractivity contribution >= 4 is 11.5 Å². The van der Waals surface area contributed by atoms with Crippen LogP contribution in [-0.4, -0.2) is 9.91 Å². The van der Waals surface area contributed by atoms with Gasteiger partial charge in [0.15, 0.2) is 0 Å². The number of nitrogens with two attached hydrogens (primary N) is 1. The van der Waals surface area contributed by atoms with Crippen LogP contribution >= 0.6 is 0 Å². The SMILES string of the molecule is Nc1nccc([N+](=O)[O-])c1C(F)F. The standard InChI is InChI=1S/C6H5F2N3O2/c7-5(8)4-3(11(12)13)1-2-10-6(4)9/h1-2,5H,(H2,9,10). The van der Waals surface area contributed by atoms with E-state index < -0.39 is 28.4 Å². The molecule has 7 heteroatoms. The molecule has 0 unspecified atom stereocenters. The summed E-state index contributed by atoms with van der Waals surface area (Å²) in [5.41, 5.74) is 3.53.